The van der Waals surface area contributed by atoms with Crippen molar-refractivity contribution in [3.8, 4) is 16.9 Å². The maximum Gasteiger partial charge on any atom is 0.573 e. The number of hydrogen-bond donors (Lipinski definition) is 1. The molecule has 0 saturated heterocycles. The van der Waals surface area contributed by atoms with Crippen molar-refractivity contribution in [2.24, 2.45) is 0 Å². The minimum Gasteiger partial charge on any atom is -0.405 e. The van der Waals surface area contributed by atoms with E-state index in [0.717, 1.165) is 18.2 Å². The van der Waals surface area contributed by atoms with Gasteiger partial charge in [0, 0.05) is 11.6 Å². The van der Waals surface area contributed by atoms with Crippen molar-refractivity contribution in [3.63, 3.8) is 0 Å². The van der Waals surface area contributed by atoms with E-state index in [1.807, 2.05) is 0 Å². The minimum atomic E-state index is -4.98. The van der Waals surface area contributed by atoms with Crippen LogP contribution in [0, 0.1) is 18.0 Å². The molecule has 0 aliphatic rings. The molecule has 0 aliphatic carbocycles. The Morgan fingerprint density at radius 1 is 1.14 bits per heavy atom. The van der Waals surface area contributed by atoms with Gasteiger partial charge in [-0.05, 0) is 6.07 Å². The molecule has 0 bridgehead atoms. The Balaban J connectivity index is 2.24. The zero-order valence-corrected chi connectivity index (χ0v) is 10.6. The lowest BCUT2D eigenvalue weighted by molar-refractivity contribution is -0.274. The van der Waals surface area contributed by atoms with Crippen molar-refractivity contribution in [3.05, 3.63) is 48.3 Å². The van der Waals surface area contributed by atoms with E-state index >= 15 is 0 Å². The molecule has 22 heavy (non-hydrogen) atoms. The van der Waals surface area contributed by atoms with Gasteiger partial charge in [0.15, 0.2) is 12.1 Å². The van der Waals surface area contributed by atoms with Crippen molar-refractivity contribution in [2.45, 2.75) is 6.36 Å². The molecule has 0 atom stereocenters. The smallest absolute Gasteiger partial charge is 0.405 e. The summed E-state index contributed by atoms with van der Waals surface area (Å²) in [5.74, 6) is -2.83. The predicted molar refractivity (Wildman–Crippen MR) is 67.0 cm³/mol. The maximum absolute atomic E-state index is 14.4. The van der Waals surface area contributed by atoms with Gasteiger partial charge in [-0.2, -0.15) is 0 Å². The highest BCUT2D eigenvalue weighted by Gasteiger charge is 2.33. The fourth-order valence-corrected chi connectivity index (χ4v) is 2.09. The first-order valence-corrected chi connectivity index (χ1v) is 5.96. The summed E-state index contributed by atoms with van der Waals surface area (Å²) in [5, 5.41) is 0. The number of para-hydroxylation sites is 1. The van der Waals surface area contributed by atoms with E-state index in [4.69, 9.17) is 0 Å². The van der Waals surface area contributed by atoms with Crippen molar-refractivity contribution >= 4 is 11.0 Å². The molecular formula is C14H6F5N2O. The quantitative estimate of drug-likeness (QED) is 0.720. The molecule has 0 saturated carbocycles. The lowest BCUT2D eigenvalue weighted by atomic mass is 10.0. The van der Waals surface area contributed by atoms with Crippen LogP contribution < -0.4 is 4.74 Å². The van der Waals surface area contributed by atoms with Crippen molar-refractivity contribution < 1.29 is 26.7 Å². The number of fused-ring (bicyclic) bond motifs is 1. The fourth-order valence-electron chi connectivity index (χ4n) is 2.09. The van der Waals surface area contributed by atoms with Crippen LogP contribution in [-0.4, -0.2) is 16.3 Å². The molecular weight excluding hydrogens is 307 g/mol. The molecule has 3 aromatic rings. The van der Waals surface area contributed by atoms with Crippen LogP contribution in [0.15, 0.2) is 30.3 Å². The molecule has 113 valence electrons. The second kappa shape index (κ2) is 4.97. The third kappa shape index (κ3) is 2.47. The average Bonchev–Trinajstić information content (AvgIpc) is 2.87. The third-order valence-electron chi connectivity index (χ3n) is 2.93. The number of H-pyrrole nitrogens is 1. The average molecular weight is 313 g/mol. The molecule has 0 spiro atoms. The summed E-state index contributed by atoms with van der Waals surface area (Å²) in [6.07, 6.45) is -2.73. The summed E-state index contributed by atoms with van der Waals surface area (Å²) in [5.41, 5.74) is -1.18. The number of rotatable bonds is 2. The number of imidazole rings is 1. The number of hydrogen-bond acceptors (Lipinski definition) is 2. The first-order chi connectivity index (χ1) is 10.4. The zero-order chi connectivity index (χ0) is 15.9. The molecule has 1 heterocycles. The van der Waals surface area contributed by atoms with E-state index in [1.165, 1.54) is 12.1 Å². The summed E-state index contributed by atoms with van der Waals surface area (Å²) in [6, 6.07) is 5.65. The largest absolute Gasteiger partial charge is 0.573 e. The predicted octanol–water partition coefficient (Wildman–Crippen LogP) is 4.21. The van der Waals surface area contributed by atoms with Crippen molar-refractivity contribution in [2.75, 3.05) is 0 Å². The molecule has 0 unspecified atom stereocenters. The molecule has 0 amide bonds. The van der Waals surface area contributed by atoms with Gasteiger partial charge >= 0.3 is 6.36 Å². The summed E-state index contributed by atoms with van der Waals surface area (Å²) in [6.45, 7) is 0. The monoisotopic (exact) mass is 313 g/mol. The number of ether oxygens (including phenoxy) is 1. The Hall–Kier alpha value is -2.64. The first kappa shape index (κ1) is 14.3. The van der Waals surface area contributed by atoms with Crippen molar-refractivity contribution in [1.82, 2.24) is 9.97 Å². The number of halogens is 5. The van der Waals surface area contributed by atoms with Crippen LogP contribution in [0.25, 0.3) is 22.2 Å². The molecule has 2 aromatic carbocycles. The Kier molecular flexibility index (Phi) is 3.23. The molecule has 1 N–H and O–H groups in total. The summed E-state index contributed by atoms with van der Waals surface area (Å²) >= 11 is 0. The molecule has 0 fully saturated rings. The van der Waals surface area contributed by atoms with Gasteiger partial charge in [0.1, 0.15) is 17.1 Å². The van der Waals surface area contributed by atoms with Crippen LogP contribution in [0.1, 0.15) is 0 Å². The van der Waals surface area contributed by atoms with Gasteiger partial charge in [0.2, 0.25) is 0 Å². The lowest BCUT2D eigenvalue weighted by Crippen LogP contribution is -2.17. The molecule has 0 aliphatic heterocycles. The summed E-state index contributed by atoms with van der Waals surface area (Å²) in [7, 11) is 0. The van der Waals surface area contributed by atoms with Gasteiger partial charge in [-0.25, -0.2) is 13.8 Å². The SMILES string of the molecule is Fc1cc2[nH][c]nc2c(F)c1-c1ccccc1OC(F)(F)F. The van der Waals surface area contributed by atoms with E-state index in [9.17, 15) is 22.0 Å². The van der Waals surface area contributed by atoms with Gasteiger partial charge in [-0.15, -0.1) is 13.2 Å². The summed E-state index contributed by atoms with van der Waals surface area (Å²) < 4.78 is 69.6. The highest BCUT2D eigenvalue weighted by molar-refractivity contribution is 5.84. The van der Waals surface area contributed by atoms with Gasteiger partial charge < -0.3 is 9.72 Å². The number of nitrogens with zero attached hydrogens (tertiary/aromatic N) is 1. The third-order valence-corrected chi connectivity index (χ3v) is 2.93. The van der Waals surface area contributed by atoms with Crippen LogP contribution >= 0.6 is 0 Å². The van der Waals surface area contributed by atoms with Gasteiger partial charge in [0.05, 0.1) is 11.1 Å². The van der Waals surface area contributed by atoms with E-state index in [1.54, 1.807) is 0 Å². The fraction of sp³-hybridized carbons (Fsp3) is 0.0714. The van der Waals surface area contributed by atoms with E-state index in [2.05, 4.69) is 21.0 Å². The lowest BCUT2D eigenvalue weighted by Gasteiger charge is -2.14. The molecule has 3 nitrogen and oxygen atoms in total. The standard InChI is InChI=1S/C14H6F5N2O/c15-8-5-9-13(21-6-20-9)12(16)11(8)7-3-1-2-4-10(7)22-14(17,18)19/h1-5H,(H,20,21). The Labute approximate surface area is 120 Å². The number of benzene rings is 2. The normalized spacial score (nSPS) is 11.9. The highest BCUT2D eigenvalue weighted by atomic mass is 19.4. The second-order valence-corrected chi connectivity index (χ2v) is 4.34. The number of alkyl halides is 3. The second-order valence-electron chi connectivity index (χ2n) is 4.34. The number of aromatic nitrogens is 2. The molecule has 1 radical (unpaired) electrons. The first-order valence-electron chi connectivity index (χ1n) is 5.96. The van der Waals surface area contributed by atoms with E-state index in [-0.39, 0.29) is 16.6 Å². The van der Waals surface area contributed by atoms with Crippen molar-refractivity contribution in [1.29, 1.82) is 0 Å². The topological polar surface area (TPSA) is 37.9 Å². The highest BCUT2D eigenvalue weighted by Crippen LogP contribution is 2.38. The van der Waals surface area contributed by atoms with Gasteiger partial charge in [-0.1, -0.05) is 18.2 Å². The summed E-state index contributed by atoms with van der Waals surface area (Å²) in [4.78, 5) is 5.97. The van der Waals surface area contributed by atoms with Crippen LogP contribution in [0.3, 0.4) is 0 Å². The molecule has 1 aromatic heterocycles. The van der Waals surface area contributed by atoms with Gasteiger partial charge in [-0.3, -0.25) is 0 Å². The Morgan fingerprint density at radius 2 is 1.86 bits per heavy atom. The Morgan fingerprint density at radius 3 is 2.59 bits per heavy atom. The van der Waals surface area contributed by atoms with Crippen LogP contribution in [0.2, 0.25) is 0 Å². The van der Waals surface area contributed by atoms with Crippen LogP contribution in [0.4, 0.5) is 22.0 Å². The minimum absolute atomic E-state index is 0.0490. The Bertz CT molecular complexity index is 841. The maximum atomic E-state index is 14.4. The number of aromatic amines is 1. The van der Waals surface area contributed by atoms with Crippen LogP contribution in [-0.2, 0) is 0 Å². The van der Waals surface area contributed by atoms with E-state index < -0.39 is 29.3 Å². The zero-order valence-electron chi connectivity index (χ0n) is 10.6. The molecule has 8 heteroatoms. The number of nitrogens with one attached hydrogen (secondary N) is 1. The van der Waals surface area contributed by atoms with Crippen LogP contribution in [0.5, 0.6) is 5.75 Å². The van der Waals surface area contributed by atoms with E-state index in [0.29, 0.717) is 0 Å². The molecule has 3 rings (SSSR count). The van der Waals surface area contributed by atoms with Gasteiger partial charge in [0.25, 0.3) is 0 Å².